The number of azo groups is 1. The van der Waals surface area contributed by atoms with Gasteiger partial charge in [-0.1, -0.05) is 18.2 Å². The lowest BCUT2D eigenvalue weighted by Gasteiger charge is -1.91. The normalized spacial score (nSPS) is 11.0. The molecule has 2 N–H and O–H groups in total. The summed E-state index contributed by atoms with van der Waals surface area (Å²) in [6.07, 6.45) is 0. The number of phenolic OH excluding ortho intramolecular Hbond substituents is 1. The lowest BCUT2D eigenvalue weighted by Crippen LogP contribution is -1.74. The number of benzene rings is 2. The Morgan fingerprint density at radius 3 is 2.29 bits per heavy atom. The van der Waals surface area contributed by atoms with E-state index in [1.54, 1.807) is 12.1 Å². The fourth-order valence-electron chi connectivity index (χ4n) is 1.70. The highest BCUT2D eigenvalue weighted by Crippen LogP contribution is 2.32. The van der Waals surface area contributed by atoms with Crippen molar-refractivity contribution in [3.8, 4) is 23.1 Å². The van der Waals surface area contributed by atoms with E-state index in [2.05, 4.69) is 15.2 Å². The predicted octanol–water partition coefficient (Wildman–Crippen LogP) is 4.17. The Bertz CT molecular complexity index is 765. The van der Waals surface area contributed by atoms with E-state index < -0.39 is 5.95 Å². The minimum atomic E-state index is -0.392. The van der Waals surface area contributed by atoms with Crippen molar-refractivity contribution in [3.63, 3.8) is 0 Å². The molecular weight excluding hydrogens is 270 g/mol. The summed E-state index contributed by atoms with van der Waals surface area (Å²) in [5.74, 6) is 0.0238. The largest absolute Gasteiger partial charge is 0.508 e. The Morgan fingerprint density at radius 2 is 1.57 bits per heavy atom. The summed E-state index contributed by atoms with van der Waals surface area (Å²) in [7, 11) is 0. The molecule has 0 saturated heterocycles. The molecule has 0 unspecified atom stereocenters. The van der Waals surface area contributed by atoms with Gasteiger partial charge in [0.05, 0.1) is 5.69 Å². The highest BCUT2D eigenvalue weighted by molar-refractivity contribution is 5.57. The van der Waals surface area contributed by atoms with Crippen molar-refractivity contribution in [2.45, 2.75) is 0 Å². The van der Waals surface area contributed by atoms with Crippen molar-refractivity contribution < 1.29 is 14.6 Å². The van der Waals surface area contributed by atoms with Gasteiger partial charge in [-0.3, -0.25) is 0 Å². The molecular formula is C15H11N3O3. The van der Waals surface area contributed by atoms with E-state index in [4.69, 9.17) is 4.42 Å². The van der Waals surface area contributed by atoms with Gasteiger partial charge in [0.15, 0.2) is 0 Å². The zero-order valence-electron chi connectivity index (χ0n) is 10.8. The summed E-state index contributed by atoms with van der Waals surface area (Å²) in [6.45, 7) is 0. The maximum atomic E-state index is 9.69. The van der Waals surface area contributed by atoms with Crippen LogP contribution in [0.5, 0.6) is 11.7 Å². The molecule has 0 radical (unpaired) electrons. The molecule has 6 heteroatoms. The minimum absolute atomic E-state index is 0.00179. The standard InChI is InChI=1S/C15H11N3O3/c19-12-8-6-11(7-9-12)17-18-13-15(20)21-14(16-13)10-4-2-1-3-5-10/h1-9,19-20H. The SMILES string of the molecule is Oc1ccc(N=Nc2nc(-c3ccccc3)oc2O)cc1. The van der Waals surface area contributed by atoms with Crippen molar-refractivity contribution in [3.05, 3.63) is 54.6 Å². The lowest BCUT2D eigenvalue weighted by molar-refractivity contribution is 0.338. The van der Waals surface area contributed by atoms with E-state index in [0.29, 0.717) is 5.69 Å². The number of aromatic nitrogens is 1. The van der Waals surface area contributed by atoms with Crippen LogP contribution in [0.1, 0.15) is 0 Å². The fourth-order valence-corrected chi connectivity index (χ4v) is 1.70. The molecule has 0 spiro atoms. The maximum absolute atomic E-state index is 9.69. The Balaban J connectivity index is 1.86. The molecule has 21 heavy (non-hydrogen) atoms. The van der Waals surface area contributed by atoms with Crippen molar-refractivity contribution in [2.24, 2.45) is 10.2 Å². The van der Waals surface area contributed by atoms with E-state index in [9.17, 15) is 10.2 Å². The third kappa shape index (κ3) is 2.89. The number of oxazole rings is 1. The van der Waals surface area contributed by atoms with Crippen LogP contribution in [0.4, 0.5) is 11.5 Å². The molecule has 1 aromatic heterocycles. The second kappa shape index (κ2) is 5.46. The summed E-state index contributed by atoms with van der Waals surface area (Å²) in [5, 5.41) is 26.6. The summed E-state index contributed by atoms with van der Waals surface area (Å²) >= 11 is 0. The van der Waals surface area contributed by atoms with E-state index in [0.717, 1.165) is 5.56 Å². The zero-order chi connectivity index (χ0) is 14.7. The highest BCUT2D eigenvalue weighted by Gasteiger charge is 2.13. The first-order chi connectivity index (χ1) is 10.2. The molecule has 6 nitrogen and oxygen atoms in total. The van der Waals surface area contributed by atoms with E-state index in [1.807, 2.05) is 30.3 Å². The van der Waals surface area contributed by atoms with Gasteiger partial charge >= 0.3 is 5.95 Å². The van der Waals surface area contributed by atoms with E-state index in [1.165, 1.54) is 12.1 Å². The molecule has 0 aliphatic carbocycles. The van der Waals surface area contributed by atoms with Crippen molar-refractivity contribution >= 4 is 11.5 Å². The van der Waals surface area contributed by atoms with Crippen LogP contribution in [0.25, 0.3) is 11.5 Å². The molecule has 0 amide bonds. The third-order valence-corrected chi connectivity index (χ3v) is 2.72. The van der Waals surface area contributed by atoms with Gasteiger partial charge in [-0.2, -0.15) is 4.98 Å². The van der Waals surface area contributed by atoms with Crippen molar-refractivity contribution in [2.75, 3.05) is 0 Å². The molecule has 3 aromatic rings. The smallest absolute Gasteiger partial charge is 0.332 e. The quantitative estimate of drug-likeness (QED) is 0.705. The van der Waals surface area contributed by atoms with Gasteiger partial charge < -0.3 is 14.6 Å². The fraction of sp³-hybridized carbons (Fsp3) is 0. The van der Waals surface area contributed by atoms with Crippen molar-refractivity contribution in [1.29, 1.82) is 0 Å². The average molecular weight is 281 g/mol. The number of hydrogen-bond acceptors (Lipinski definition) is 6. The van der Waals surface area contributed by atoms with Gasteiger partial charge in [-0.25, -0.2) is 0 Å². The molecule has 104 valence electrons. The number of rotatable bonds is 3. The Kier molecular flexibility index (Phi) is 3.34. The van der Waals surface area contributed by atoms with Gasteiger partial charge in [0.25, 0.3) is 5.82 Å². The average Bonchev–Trinajstić information content (AvgIpc) is 2.89. The first-order valence-electron chi connectivity index (χ1n) is 6.18. The second-order valence-electron chi connectivity index (χ2n) is 4.23. The van der Waals surface area contributed by atoms with Crippen LogP contribution in [0.2, 0.25) is 0 Å². The molecule has 0 atom stereocenters. The van der Waals surface area contributed by atoms with Crippen LogP contribution in [-0.4, -0.2) is 15.2 Å². The predicted molar refractivity (Wildman–Crippen MR) is 75.9 cm³/mol. The van der Waals surface area contributed by atoms with Gasteiger partial charge in [-0.15, -0.1) is 10.2 Å². The molecule has 1 heterocycles. The van der Waals surface area contributed by atoms with Crippen LogP contribution in [0.3, 0.4) is 0 Å². The molecule has 0 aliphatic heterocycles. The summed E-state index contributed by atoms with van der Waals surface area (Å²) in [4.78, 5) is 4.09. The zero-order valence-corrected chi connectivity index (χ0v) is 10.8. The highest BCUT2D eigenvalue weighted by atomic mass is 16.5. The van der Waals surface area contributed by atoms with Gasteiger partial charge in [0, 0.05) is 5.56 Å². The molecule has 0 bridgehead atoms. The second-order valence-corrected chi connectivity index (χ2v) is 4.23. The summed E-state index contributed by atoms with van der Waals surface area (Å²) < 4.78 is 5.16. The summed E-state index contributed by atoms with van der Waals surface area (Å²) in [6, 6.07) is 15.3. The topological polar surface area (TPSA) is 91.2 Å². The van der Waals surface area contributed by atoms with Crippen LogP contribution in [-0.2, 0) is 0 Å². The number of phenols is 1. The Morgan fingerprint density at radius 1 is 0.857 bits per heavy atom. The molecule has 0 saturated carbocycles. The van der Waals surface area contributed by atoms with Gasteiger partial charge in [0.1, 0.15) is 5.75 Å². The molecule has 0 aliphatic rings. The first kappa shape index (κ1) is 12.9. The maximum Gasteiger partial charge on any atom is 0.332 e. The molecule has 0 fully saturated rings. The number of aromatic hydroxyl groups is 2. The van der Waals surface area contributed by atoms with Crippen molar-refractivity contribution in [1.82, 2.24) is 4.98 Å². The van der Waals surface area contributed by atoms with Gasteiger partial charge in [0.2, 0.25) is 5.89 Å². The third-order valence-electron chi connectivity index (χ3n) is 2.72. The Labute approximate surface area is 120 Å². The molecule has 2 aromatic carbocycles. The lowest BCUT2D eigenvalue weighted by atomic mass is 10.2. The molecule has 3 rings (SSSR count). The first-order valence-corrected chi connectivity index (χ1v) is 6.18. The number of hydrogen-bond donors (Lipinski definition) is 2. The van der Waals surface area contributed by atoms with E-state index >= 15 is 0 Å². The van der Waals surface area contributed by atoms with Crippen LogP contribution >= 0.6 is 0 Å². The van der Waals surface area contributed by atoms with Crippen LogP contribution in [0.15, 0.2) is 69.2 Å². The summed E-state index contributed by atoms with van der Waals surface area (Å²) in [5.41, 5.74) is 1.26. The van der Waals surface area contributed by atoms with E-state index in [-0.39, 0.29) is 17.5 Å². The minimum Gasteiger partial charge on any atom is -0.508 e. The van der Waals surface area contributed by atoms with Crippen LogP contribution < -0.4 is 0 Å². The van der Waals surface area contributed by atoms with Crippen LogP contribution in [0, 0.1) is 0 Å². The monoisotopic (exact) mass is 281 g/mol. The van der Waals surface area contributed by atoms with Gasteiger partial charge in [-0.05, 0) is 36.4 Å². The Hall–Kier alpha value is -3.15. The number of nitrogens with zero attached hydrogens (tertiary/aromatic N) is 3.